The van der Waals surface area contributed by atoms with Crippen molar-refractivity contribution in [1.29, 1.82) is 0 Å². The molecule has 2 rings (SSSR count). The molecule has 0 unspecified atom stereocenters. The third-order valence-electron chi connectivity index (χ3n) is 2.91. The normalized spacial score (nSPS) is 11.9. The van der Waals surface area contributed by atoms with Crippen LogP contribution in [0.5, 0.6) is 0 Å². The number of hydrogen-bond donors (Lipinski definition) is 1. The van der Waals surface area contributed by atoms with Gasteiger partial charge in [0.15, 0.2) is 5.82 Å². The first-order valence-electron chi connectivity index (χ1n) is 5.50. The Labute approximate surface area is 94.9 Å². The zero-order valence-corrected chi connectivity index (χ0v) is 9.94. The Morgan fingerprint density at radius 3 is 3.00 bits per heavy atom. The van der Waals surface area contributed by atoms with Crippen molar-refractivity contribution < 1.29 is 0 Å². The summed E-state index contributed by atoms with van der Waals surface area (Å²) in [6.07, 6.45) is 6.38. The Bertz CT molecular complexity index is 474. The summed E-state index contributed by atoms with van der Waals surface area (Å²) in [4.78, 5) is 4.28. The highest BCUT2D eigenvalue weighted by Gasteiger charge is 2.15. The molecule has 0 fully saturated rings. The number of fused-ring (bicyclic) bond motifs is 1. The van der Waals surface area contributed by atoms with Crippen LogP contribution in [0.4, 0.5) is 5.82 Å². The summed E-state index contributed by atoms with van der Waals surface area (Å²) in [6, 6.07) is 0. The van der Waals surface area contributed by atoms with Gasteiger partial charge in [-0.2, -0.15) is 0 Å². The van der Waals surface area contributed by atoms with Gasteiger partial charge in [0.1, 0.15) is 6.33 Å². The van der Waals surface area contributed by atoms with E-state index >= 15 is 0 Å². The van der Waals surface area contributed by atoms with Crippen LogP contribution in [0.25, 0.3) is 5.65 Å². The monoisotopic (exact) mass is 219 g/mol. The average molecular weight is 219 g/mol. The predicted octanol–water partition coefficient (Wildman–Crippen LogP) is 1.97. The minimum absolute atomic E-state index is 0.258. The third kappa shape index (κ3) is 2.13. The minimum atomic E-state index is 0.258. The van der Waals surface area contributed by atoms with Gasteiger partial charge in [-0.15, -0.1) is 10.2 Å². The molecule has 2 heterocycles. The topological polar surface area (TPSA) is 55.1 Å². The van der Waals surface area contributed by atoms with E-state index in [1.807, 2.05) is 10.6 Å². The number of nitrogens with zero attached hydrogens (tertiary/aromatic N) is 4. The van der Waals surface area contributed by atoms with Crippen LogP contribution in [0.2, 0.25) is 0 Å². The number of aromatic nitrogens is 4. The molecule has 0 aliphatic carbocycles. The Balaban J connectivity index is 2.18. The van der Waals surface area contributed by atoms with E-state index < -0.39 is 0 Å². The summed E-state index contributed by atoms with van der Waals surface area (Å²) in [5, 5.41) is 11.2. The van der Waals surface area contributed by atoms with Crippen molar-refractivity contribution in [1.82, 2.24) is 19.6 Å². The van der Waals surface area contributed by atoms with Crippen molar-refractivity contribution in [2.75, 3.05) is 11.9 Å². The summed E-state index contributed by atoms with van der Waals surface area (Å²) < 4.78 is 1.86. The van der Waals surface area contributed by atoms with Crippen LogP contribution in [0.3, 0.4) is 0 Å². The van der Waals surface area contributed by atoms with E-state index in [1.165, 1.54) is 0 Å². The maximum atomic E-state index is 4.28. The van der Waals surface area contributed by atoms with Crippen molar-refractivity contribution in [3.8, 4) is 0 Å². The Kier molecular flexibility index (Phi) is 2.77. The molecule has 86 valence electrons. The van der Waals surface area contributed by atoms with Crippen LogP contribution in [0, 0.1) is 5.41 Å². The zero-order valence-electron chi connectivity index (χ0n) is 9.94. The lowest BCUT2D eigenvalue weighted by molar-refractivity contribution is 0.376. The van der Waals surface area contributed by atoms with E-state index in [1.54, 1.807) is 12.5 Å². The van der Waals surface area contributed by atoms with Gasteiger partial charge in [0.2, 0.25) is 5.65 Å². The number of nitrogens with one attached hydrogen (secondary N) is 1. The number of hydrogen-bond acceptors (Lipinski definition) is 4. The van der Waals surface area contributed by atoms with Crippen molar-refractivity contribution in [2.45, 2.75) is 27.2 Å². The molecular weight excluding hydrogens is 202 g/mol. The molecule has 0 aliphatic heterocycles. The van der Waals surface area contributed by atoms with Crippen LogP contribution in [0.15, 0.2) is 18.7 Å². The van der Waals surface area contributed by atoms with Crippen molar-refractivity contribution in [3.05, 3.63) is 18.7 Å². The largest absolute Gasteiger partial charge is 0.366 e. The summed E-state index contributed by atoms with van der Waals surface area (Å²) >= 11 is 0. The Hall–Kier alpha value is -1.65. The van der Waals surface area contributed by atoms with E-state index in [0.29, 0.717) is 0 Å². The van der Waals surface area contributed by atoms with E-state index in [-0.39, 0.29) is 5.41 Å². The van der Waals surface area contributed by atoms with Crippen LogP contribution >= 0.6 is 0 Å². The van der Waals surface area contributed by atoms with Gasteiger partial charge in [-0.05, 0) is 11.8 Å². The molecule has 2 aromatic rings. The Morgan fingerprint density at radius 2 is 2.25 bits per heavy atom. The summed E-state index contributed by atoms with van der Waals surface area (Å²) in [5.74, 6) is 0.793. The van der Waals surface area contributed by atoms with Gasteiger partial charge in [-0.25, -0.2) is 4.98 Å². The first-order chi connectivity index (χ1) is 7.62. The molecule has 0 aliphatic rings. The molecule has 2 aromatic heterocycles. The zero-order chi connectivity index (χ0) is 11.6. The second kappa shape index (κ2) is 4.08. The van der Waals surface area contributed by atoms with Crippen molar-refractivity contribution >= 4 is 11.5 Å². The Morgan fingerprint density at radius 1 is 1.44 bits per heavy atom. The molecule has 0 saturated carbocycles. The van der Waals surface area contributed by atoms with E-state index in [0.717, 1.165) is 24.4 Å². The smallest absolute Gasteiger partial charge is 0.203 e. The highest BCUT2D eigenvalue weighted by molar-refractivity contribution is 5.61. The van der Waals surface area contributed by atoms with Crippen molar-refractivity contribution in [2.24, 2.45) is 5.41 Å². The fourth-order valence-electron chi connectivity index (χ4n) is 1.33. The number of rotatable bonds is 4. The molecule has 5 nitrogen and oxygen atoms in total. The molecular formula is C11H17N5. The van der Waals surface area contributed by atoms with Gasteiger partial charge in [-0.3, -0.25) is 4.40 Å². The molecule has 0 radical (unpaired) electrons. The summed E-state index contributed by atoms with van der Waals surface area (Å²) in [7, 11) is 0. The quantitative estimate of drug-likeness (QED) is 0.854. The average Bonchev–Trinajstić information content (AvgIpc) is 2.75. The minimum Gasteiger partial charge on any atom is -0.366 e. The van der Waals surface area contributed by atoms with Crippen LogP contribution in [-0.4, -0.2) is 26.1 Å². The first kappa shape index (κ1) is 10.9. The van der Waals surface area contributed by atoms with Crippen molar-refractivity contribution in [3.63, 3.8) is 0 Å². The number of anilines is 1. The van der Waals surface area contributed by atoms with Crippen LogP contribution in [-0.2, 0) is 0 Å². The molecule has 5 heteroatoms. The van der Waals surface area contributed by atoms with Gasteiger partial charge < -0.3 is 5.32 Å². The van der Waals surface area contributed by atoms with E-state index in [4.69, 9.17) is 0 Å². The SMILES string of the molecule is CCC(C)(C)CNc1nccn2cnnc12. The maximum Gasteiger partial charge on any atom is 0.203 e. The van der Waals surface area contributed by atoms with Gasteiger partial charge in [-0.1, -0.05) is 20.8 Å². The lowest BCUT2D eigenvalue weighted by Crippen LogP contribution is -2.22. The molecule has 0 aromatic carbocycles. The predicted molar refractivity (Wildman–Crippen MR) is 63.3 cm³/mol. The fourth-order valence-corrected chi connectivity index (χ4v) is 1.33. The molecule has 0 saturated heterocycles. The van der Waals surface area contributed by atoms with E-state index in [9.17, 15) is 0 Å². The van der Waals surface area contributed by atoms with Gasteiger partial charge in [0.05, 0.1) is 0 Å². The van der Waals surface area contributed by atoms with E-state index in [2.05, 4.69) is 41.3 Å². The molecule has 1 N–H and O–H groups in total. The highest BCUT2D eigenvalue weighted by atomic mass is 15.2. The lowest BCUT2D eigenvalue weighted by Gasteiger charge is -2.23. The standard InChI is InChI=1S/C11H17N5/c1-4-11(2,3)7-13-9-10-15-14-8-16(10)6-5-12-9/h5-6,8H,4,7H2,1-3H3,(H,12,13). The van der Waals surface area contributed by atoms with Gasteiger partial charge in [0.25, 0.3) is 0 Å². The molecule has 16 heavy (non-hydrogen) atoms. The highest BCUT2D eigenvalue weighted by Crippen LogP contribution is 2.20. The molecule has 0 amide bonds. The van der Waals surface area contributed by atoms with Crippen LogP contribution in [0.1, 0.15) is 27.2 Å². The second-order valence-corrected chi connectivity index (χ2v) is 4.71. The second-order valence-electron chi connectivity index (χ2n) is 4.71. The molecule has 0 atom stereocenters. The molecule has 0 spiro atoms. The first-order valence-corrected chi connectivity index (χ1v) is 5.50. The van der Waals surface area contributed by atoms with Gasteiger partial charge >= 0.3 is 0 Å². The molecule has 0 bridgehead atoms. The summed E-state index contributed by atoms with van der Waals surface area (Å²) in [6.45, 7) is 7.52. The maximum absolute atomic E-state index is 4.28. The van der Waals surface area contributed by atoms with Gasteiger partial charge in [0, 0.05) is 18.9 Å². The third-order valence-corrected chi connectivity index (χ3v) is 2.91. The lowest BCUT2D eigenvalue weighted by atomic mass is 9.90. The summed E-state index contributed by atoms with van der Waals surface area (Å²) in [5.41, 5.74) is 1.03. The fraction of sp³-hybridized carbons (Fsp3) is 0.545. The van der Waals surface area contributed by atoms with Crippen LogP contribution < -0.4 is 5.32 Å².